The number of benzene rings is 2. The van der Waals surface area contributed by atoms with E-state index in [0.717, 1.165) is 62.5 Å². The van der Waals surface area contributed by atoms with Crippen molar-refractivity contribution in [1.29, 1.82) is 0 Å². The fraction of sp³-hybridized carbons (Fsp3) is 0.375. The van der Waals surface area contributed by atoms with Gasteiger partial charge in [-0.25, -0.2) is 19.9 Å². The molecule has 0 amide bonds. The third-order valence-electron chi connectivity index (χ3n) is 7.86. The maximum absolute atomic E-state index is 4.71. The standard InChI is InChI=1S/C32H38N8/c1-23(2)25-9-7-11-27(19-25)39-21-37(29-31(39)35-15-13-33-29)17-5-6-18-38-22-40(32-30(38)34-14-16-36-32)28-12-8-10-26(20-28)24(3)4/h7-16,19-20,23-24H,5-6,17-18,21-22H2,1-4H3. The van der Waals surface area contributed by atoms with Gasteiger partial charge >= 0.3 is 0 Å². The van der Waals surface area contributed by atoms with Crippen molar-refractivity contribution >= 4 is 34.6 Å². The summed E-state index contributed by atoms with van der Waals surface area (Å²) in [6.07, 6.45) is 9.26. The highest BCUT2D eigenvalue weighted by atomic mass is 15.4. The molecule has 0 N–H and O–H groups in total. The zero-order valence-electron chi connectivity index (χ0n) is 23.9. The average Bonchev–Trinajstić information content (AvgIpc) is 3.54. The van der Waals surface area contributed by atoms with Crippen LogP contribution in [0.4, 0.5) is 34.6 Å². The van der Waals surface area contributed by atoms with Crippen LogP contribution in [0.1, 0.15) is 63.5 Å². The van der Waals surface area contributed by atoms with Gasteiger partial charge < -0.3 is 19.6 Å². The van der Waals surface area contributed by atoms with E-state index in [1.54, 1.807) is 24.8 Å². The van der Waals surface area contributed by atoms with Crippen LogP contribution in [-0.2, 0) is 0 Å². The summed E-state index contributed by atoms with van der Waals surface area (Å²) < 4.78 is 0. The van der Waals surface area contributed by atoms with Gasteiger partial charge in [-0.15, -0.1) is 0 Å². The summed E-state index contributed by atoms with van der Waals surface area (Å²) in [7, 11) is 0. The van der Waals surface area contributed by atoms with Gasteiger partial charge in [0.25, 0.3) is 0 Å². The molecule has 0 saturated heterocycles. The molecule has 206 valence electrons. The first-order valence-corrected chi connectivity index (χ1v) is 14.4. The van der Waals surface area contributed by atoms with E-state index in [1.165, 1.54) is 22.5 Å². The van der Waals surface area contributed by atoms with Crippen LogP contribution in [0, 0.1) is 0 Å². The highest BCUT2D eigenvalue weighted by Crippen LogP contribution is 2.39. The molecular formula is C32H38N8. The summed E-state index contributed by atoms with van der Waals surface area (Å²) in [5.41, 5.74) is 5.01. The summed E-state index contributed by atoms with van der Waals surface area (Å²) in [5, 5.41) is 0. The Bertz CT molecular complexity index is 1360. The number of nitrogens with zero attached hydrogens (tertiary/aromatic N) is 8. The van der Waals surface area contributed by atoms with Crippen LogP contribution in [0.3, 0.4) is 0 Å². The second kappa shape index (κ2) is 11.1. The Labute approximate surface area is 237 Å². The lowest BCUT2D eigenvalue weighted by Crippen LogP contribution is -2.31. The van der Waals surface area contributed by atoms with E-state index in [9.17, 15) is 0 Å². The van der Waals surface area contributed by atoms with Crippen molar-refractivity contribution in [2.45, 2.75) is 52.4 Å². The lowest BCUT2D eigenvalue weighted by atomic mass is 10.0. The molecule has 2 aromatic carbocycles. The summed E-state index contributed by atoms with van der Waals surface area (Å²) in [6, 6.07) is 17.6. The summed E-state index contributed by atoms with van der Waals surface area (Å²) in [4.78, 5) is 28.1. The molecule has 0 bridgehead atoms. The third-order valence-corrected chi connectivity index (χ3v) is 7.86. The van der Waals surface area contributed by atoms with E-state index in [0.29, 0.717) is 11.8 Å². The fourth-order valence-electron chi connectivity index (χ4n) is 5.55. The molecular weight excluding hydrogens is 496 g/mol. The Hall–Kier alpha value is -4.20. The van der Waals surface area contributed by atoms with Crippen LogP contribution in [-0.4, -0.2) is 46.4 Å². The molecule has 4 heterocycles. The molecule has 2 aliphatic heterocycles. The number of hydrogen-bond acceptors (Lipinski definition) is 8. The van der Waals surface area contributed by atoms with Crippen molar-refractivity contribution in [1.82, 2.24) is 19.9 Å². The number of aromatic nitrogens is 4. The van der Waals surface area contributed by atoms with Gasteiger partial charge in [0, 0.05) is 49.3 Å². The fourth-order valence-corrected chi connectivity index (χ4v) is 5.55. The van der Waals surface area contributed by atoms with Crippen LogP contribution >= 0.6 is 0 Å². The number of unbranched alkanes of at least 4 members (excludes halogenated alkanes) is 1. The zero-order chi connectivity index (χ0) is 27.6. The predicted octanol–water partition coefficient (Wildman–Crippen LogP) is 6.83. The van der Waals surface area contributed by atoms with E-state index in [2.05, 4.69) is 95.8 Å². The van der Waals surface area contributed by atoms with E-state index < -0.39 is 0 Å². The monoisotopic (exact) mass is 534 g/mol. The largest absolute Gasteiger partial charge is 0.335 e. The van der Waals surface area contributed by atoms with E-state index in [-0.39, 0.29) is 0 Å². The minimum atomic E-state index is 0.482. The molecule has 0 spiro atoms. The highest BCUT2D eigenvalue weighted by molar-refractivity contribution is 5.77. The van der Waals surface area contributed by atoms with E-state index >= 15 is 0 Å². The number of anilines is 6. The van der Waals surface area contributed by atoms with Crippen molar-refractivity contribution in [3.63, 3.8) is 0 Å². The number of rotatable bonds is 9. The lowest BCUT2D eigenvalue weighted by molar-refractivity contribution is 0.673. The van der Waals surface area contributed by atoms with Crippen molar-refractivity contribution in [3.8, 4) is 0 Å². The lowest BCUT2D eigenvalue weighted by Gasteiger charge is -2.23. The van der Waals surface area contributed by atoms with Gasteiger partial charge in [-0.2, -0.15) is 0 Å². The molecule has 0 radical (unpaired) electrons. The average molecular weight is 535 g/mol. The van der Waals surface area contributed by atoms with Gasteiger partial charge in [-0.05, 0) is 60.1 Å². The maximum Gasteiger partial charge on any atom is 0.178 e. The van der Waals surface area contributed by atoms with Gasteiger partial charge in [-0.1, -0.05) is 52.0 Å². The summed E-state index contributed by atoms with van der Waals surface area (Å²) >= 11 is 0. The molecule has 0 atom stereocenters. The smallest absolute Gasteiger partial charge is 0.178 e. The molecule has 0 saturated carbocycles. The molecule has 0 aliphatic carbocycles. The number of hydrogen-bond donors (Lipinski definition) is 0. The zero-order valence-corrected chi connectivity index (χ0v) is 23.9. The second-order valence-corrected chi connectivity index (χ2v) is 11.3. The van der Waals surface area contributed by atoms with Crippen LogP contribution in [0.25, 0.3) is 0 Å². The van der Waals surface area contributed by atoms with E-state index in [4.69, 9.17) is 19.9 Å². The van der Waals surface area contributed by atoms with Crippen LogP contribution in [0.2, 0.25) is 0 Å². The van der Waals surface area contributed by atoms with Crippen molar-refractivity contribution in [2.24, 2.45) is 0 Å². The Morgan fingerprint density at radius 2 is 0.975 bits per heavy atom. The van der Waals surface area contributed by atoms with Gasteiger partial charge in [0.2, 0.25) is 0 Å². The van der Waals surface area contributed by atoms with Gasteiger partial charge in [0.1, 0.15) is 0 Å². The first kappa shape index (κ1) is 26.0. The predicted molar refractivity (Wildman–Crippen MR) is 163 cm³/mol. The molecule has 40 heavy (non-hydrogen) atoms. The summed E-state index contributed by atoms with van der Waals surface area (Å²) in [6.45, 7) is 12.3. The van der Waals surface area contributed by atoms with E-state index in [1.807, 2.05) is 0 Å². The second-order valence-electron chi connectivity index (χ2n) is 11.3. The Kier molecular flexibility index (Phi) is 7.24. The molecule has 2 aromatic heterocycles. The van der Waals surface area contributed by atoms with Gasteiger partial charge in [0.05, 0.1) is 13.3 Å². The van der Waals surface area contributed by atoms with Crippen molar-refractivity contribution in [2.75, 3.05) is 46.0 Å². The minimum absolute atomic E-state index is 0.482. The quantitative estimate of drug-likeness (QED) is 0.217. The van der Waals surface area contributed by atoms with Crippen LogP contribution < -0.4 is 19.6 Å². The Morgan fingerprint density at radius 3 is 1.38 bits per heavy atom. The third kappa shape index (κ3) is 5.06. The molecule has 0 fully saturated rings. The number of fused-ring (bicyclic) bond motifs is 2. The maximum atomic E-state index is 4.71. The Morgan fingerprint density at radius 1 is 0.575 bits per heavy atom. The summed E-state index contributed by atoms with van der Waals surface area (Å²) in [5.74, 6) is 4.76. The normalized spacial score (nSPS) is 14.4. The van der Waals surface area contributed by atoms with Crippen molar-refractivity contribution < 1.29 is 0 Å². The van der Waals surface area contributed by atoms with Crippen LogP contribution in [0.5, 0.6) is 0 Å². The van der Waals surface area contributed by atoms with Gasteiger partial charge in [-0.3, -0.25) is 0 Å². The molecule has 2 aliphatic rings. The topological polar surface area (TPSA) is 64.5 Å². The van der Waals surface area contributed by atoms with Crippen LogP contribution in [0.15, 0.2) is 73.3 Å². The Balaban J connectivity index is 1.11. The molecule has 4 aromatic rings. The van der Waals surface area contributed by atoms with Gasteiger partial charge in [0.15, 0.2) is 23.3 Å². The molecule has 8 heteroatoms. The highest BCUT2D eigenvalue weighted by Gasteiger charge is 2.31. The molecule has 8 nitrogen and oxygen atoms in total. The molecule has 0 unspecified atom stereocenters. The first-order chi connectivity index (χ1) is 19.5. The molecule has 6 rings (SSSR count). The first-order valence-electron chi connectivity index (χ1n) is 14.4. The van der Waals surface area contributed by atoms with Crippen molar-refractivity contribution in [3.05, 3.63) is 84.4 Å². The SMILES string of the molecule is CC(C)c1cccc(N2CN(CCCCN3CN(c4cccc(C(C)C)c4)c4nccnc43)c3nccnc32)c1. The minimum Gasteiger partial charge on any atom is -0.335 e.